The maximum Gasteiger partial charge on any atom is 0.257 e. The lowest BCUT2D eigenvalue weighted by Gasteiger charge is -2.22. The Hall–Kier alpha value is -5.38. The van der Waals surface area contributed by atoms with E-state index in [4.69, 9.17) is 9.47 Å². The number of fused-ring (bicyclic) bond motifs is 2. The summed E-state index contributed by atoms with van der Waals surface area (Å²) in [7, 11) is 0. The molecule has 10 heteroatoms. The zero-order valence-corrected chi connectivity index (χ0v) is 24.4. The molecule has 0 atom stereocenters. The third-order valence-corrected chi connectivity index (χ3v) is 8.01. The molecule has 10 bridgehead atoms. The molecule has 0 spiro atoms. The monoisotopic (exact) mass is 606 g/mol. The second-order valence-electron chi connectivity index (χ2n) is 11.3. The minimum Gasteiger partial charge on any atom is -0.483 e. The SMILES string of the molecule is O=C1C=C2Cc3cccc4c3OCC(=O)NCCCNC(=O)COc3c(cccc3CC3=CC(=O)C=C(C4)C3=O)CC(=C1)C2=O. The van der Waals surface area contributed by atoms with E-state index in [1.165, 1.54) is 24.3 Å². The summed E-state index contributed by atoms with van der Waals surface area (Å²) in [6, 6.07) is 10.5. The smallest absolute Gasteiger partial charge is 0.257 e. The molecule has 2 amide bonds. The highest BCUT2D eigenvalue weighted by atomic mass is 16.5. The van der Waals surface area contributed by atoms with Gasteiger partial charge in [-0.3, -0.25) is 28.8 Å². The Kier molecular flexibility index (Phi) is 8.37. The van der Waals surface area contributed by atoms with Gasteiger partial charge in [0.1, 0.15) is 11.5 Å². The molecule has 0 saturated carbocycles. The van der Waals surface area contributed by atoms with Gasteiger partial charge < -0.3 is 20.1 Å². The lowest BCUT2D eigenvalue weighted by molar-refractivity contribution is -0.123. The van der Waals surface area contributed by atoms with Crippen molar-refractivity contribution in [3.8, 4) is 11.5 Å². The van der Waals surface area contributed by atoms with Crippen LogP contribution >= 0.6 is 0 Å². The quantitative estimate of drug-likeness (QED) is 0.433. The van der Waals surface area contributed by atoms with Crippen molar-refractivity contribution in [3.63, 3.8) is 0 Å². The molecule has 228 valence electrons. The first-order chi connectivity index (χ1) is 21.7. The predicted octanol–water partition coefficient (Wildman–Crippen LogP) is 1.97. The summed E-state index contributed by atoms with van der Waals surface area (Å²) in [5.41, 5.74) is 3.19. The number of allylic oxidation sites excluding steroid dienone is 8. The van der Waals surface area contributed by atoms with Crippen LogP contribution in [0.4, 0.5) is 0 Å². The molecule has 0 aromatic heterocycles. The molecule has 0 saturated heterocycles. The van der Waals surface area contributed by atoms with Crippen molar-refractivity contribution in [2.24, 2.45) is 0 Å². The Morgan fingerprint density at radius 2 is 0.822 bits per heavy atom. The molecule has 0 unspecified atom stereocenters. The maximum absolute atomic E-state index is 13.8. The zero-order chi connectivity index (χ0) is 31.5. The number of carbonyl (C=O) groups is 6. The molecular formula is C35H30N2O8. The van der Waals surface area contributed by atoms with Gasteiger partial charge in [0.25, 0.3) is 11.8 Å². The van der Waals surface area contributed by atoms with E-state index in [2.05, 4.69) is 10.6 Å². The Labute approximate surface area is 258 Å². The van der Waals surface area contributed by atoms with Gasteiger partial charge in [-0.05, 0) is 53.0 Å². The van der Waals surface area contributed by atoms with E-state index in [-0.39, 0.29) is 84.3 Å². The lowest BCUT2D eigenvalue weighted by atomic mass is 9.84. The lowest BCUT2D eigenvalue weighted by Crippen LogP contribution is -2.34. The molecule has 2 aromatic rings. The topological polar surface area (TPSA) is 145 Å². The summed E-state index contributed by atoms with van der Waals surface area (Å²) in [4.78, 5) is 78.7. The molecule has 10 nitrogen and oxygen atoms in total. The van der Waals surface area contributed by atoms with Gasteiger partial charge in [-0.2, -0.15) is 0 Å². The predicted molar refractivity (Wildman–Crippen MR) is 162 cm³/mol. The average molecular weight is 607 g/mol. The number of hydrogen-bond donors (Lipinski definition) is 2. The summed E-state index contributed by atoms with van der Waals surface area (Å²) in [5.74, 6) is -1.51. The van der Waals surface area contributed by atoms with Crippen LogP contribution in [0.1, 0.15) is 28.7 Å². The first-order valence-electron chi connectivity index (χ1n) is 14.8. The maximum atomic E-state index is 13.8. The van der Waals surface area contributed by atoms with Crippen molar-refractivity contribution in [1.29, 1.82) is 0 Å². The average Bonchev–Trinajstić information content (AvgIpc) is 3.00. The van der Waals surface area contributed by atoms with Crippen LogP contribution in [-0.4, -0.2) is 61.3 Å². The standard InChI is InChI=1S/C35H30N2O8/c38-28-14-24-10-20-4-1-5-21-11-25-15-29(39)17-27(33(25)43)13-23-7-2-6-22(12-26(16-28)32(24)42)35(23)45-19-31(41)37-9-3-8-36-30(40)18-44-34(20)21/h1-2,4-7,14-17H,3,8-13,18-19H2,(H,36,40)(H,37,41). The summed E-state index contributed by atoms with van der Waals surface area (Å²) in [6.45, 7) is -0.115. The molecule has 45 heavy (non-hydrogen) atoms. The van der Waals surface area contributed by atoms with Gasteiger partial charge in [-0.1, -0.05) is 36.4 Å². The minimum absolute atomic E-state index is 0.0351. The van der Waals surface area contributed by atoms with Gasteiger partial charge in [0.2, 0.25) is 0 Å². The highest BCUT2D eigenvalue weighted by Crippen LogP contribution is 2.35. The first-order valence-corrected chi connectivity index (χ1v) is 14.8. The third-order valence-electron chi connectivity index (χ3n) is 8.01. The van der Waals surface area contributed by atoms with E-state index in [0.717, 1.165) is 0 Å². The Morgan fingerprint density at radius 1 is 0.489 bits per heavy atom. The second kappa shape index (κ2) is 12.7. The molecule has 0 fully saturated rings. The van der Waals surface area contributed by atoms with Crippen LogP contribution in [0.3, 0.4) is 0 Å². The van der Waals surface area contributed by atoms with Gasteiger partial charge in [0.05, 0.1) is 0 Å². The van der Waals surface area contributed by atoms with Crippen molar-refractivity contribution < 1.29 is 38.2 Å². The third kappa shape index (κ3) is 6.59. The van der Waals surface area contributed by atoms with Crippen molar-refractivity contribution >= 4 is 34.9 Å². The van der Waals surface area contributed by atoms with Gasteiger partial charge in [0.15, 0.2) is 36.3 Å². The number of rotatable bonds is 0. The number of benzene rings is 2. The number of hydrogen-bond acceptors (Lipinski definition) is 8. The first kappa shape index (κ1) is 29.7. The van der Waals surface area contributed by atoms with Crippen LogP contribution < -0.4 is 20.1 Å². The van der Waals surface area contributed by atoms with Gasteiger partial charge in [-0.25, -0.2) is 0 Å². The Balaban J connectivity index is 1.53. The molecule has 2 N–H and O–H groups in total. The molecular weight excluding hydrogens is 576 g/mol. The molecule has 4 aliphatic rings. The van der Waals surface area contributed by atoms with Crippen LogP contribution in [0.5, 0.6) is 11.5 Å². The molecule has 0 radical (unpaired) electrons. The van der Waals surface area contributed by atoms with E-state index in [1.807, 2.05) is 0 Å². The molecule has 1 heterocycles. The van der Waals surface area contributed by atoms with E-state index in [1.54, 1.807) is 36.4 Å². The van der Waals surface area contributed by atoms with Crippen LogP contribution in [-0.2, 0) is 54.5 Å². The van der Waals surface area contributed by atoms with E-state index >= 15 is 0 Å². The van der Waals surface area contributed by atoms with Crippen LogP contribution in [0.15, 0.2) is 83.0 Å². The highest BCUT2D eigenvalue weighted by Gasteiger charge is 2.29. The Morgan fingerprint density at radius 3 is 1.16 bits per heavy atom. The minimum atomic E-state index is -0.403. The number of nitrogens with one attached hydrogen (secondary N) is 2. The fraction of sp³-hybridized carbons (Fsp3) is 0.257. The van der Waals surface area contributed by atoms with Crippen LogP contribution in [0.2, 0.25) is 0 Å². The summed E-state index contributed by atoms with van der Waals surface area (Å²) < 4.78 is 12.1. The normalized spacial score (nSPS) is 19.4. The van der Waals surface area contributed by atoms with E-state index < -0.39 is 11.8 Å². The molecule has 2 aromatic carbocycles. The number of para-hydroxylation sites is 2. The molecule has 6 rings (SSSR count). The van der Waals surface area contributed by atoms with Crippen molar-refractivity contribution in [2.45, 2.75) is 32.1 Å². The van der Waals surface area contributed by atoms with Crippen molar-refractivity contribution in [2.75, 3.05) is 26.3 Å². The second-order valence-corrected chi connectivity index (χ2v) is 11.3. The van der Waals surface area contributed by atoms with Crippen molar-refractivity contribution in [3.05, 3.63) is 105 Å². The summed E-state index contributed by atoms with van der Waals surface area (Å²) in [5, 5.41) is 5.51. The highest BCUT2D eigenvalue weighted by molar-refractivity contribution is 6.21. The largest absolute Gasteiger partial charge is 0.483 e. The van der Waals surface area contributed by atoms with E-state index in [9.17, 15) is 28.8 Å². The zero-order valence-electron chi connectivity index (χ0n) is 24.4. The molecule has 1 aliphatic heterocycles. The number of ketones is 4. The van der Waals surface area contributed by atoms with Gasteiger partial charge in [0, 0.05) is 61.1 Å². The fourth-order valence-electron chi connectivity index (χ4n) is 5.92. The van der Waals surface area contributed by atoms with Gasteiger partial charge in [-0.15, -0.1) is 0 Å². The number of amides is 2. The number of Topliss-reactive ketones (excluding diaryl/α,β-unsaturated/α-hetero) is 2. The fourth-order valence-corrected chi connectivity index (χ4v) is 5.92. The summed E-state index contributed by atoms with van der Waals surface area (Å²) >= 11 is 0. The van der Waals surface area contributed by atoms with Crippen LogP contribution in [0.25, 0.3) is 0 Å². The Bertz CT molecular complexity index is 1570. The number of carbonyl (C=O) groups excluding carboxylic acids is 6. The molecule has 3 aliphatic carbocycles. The number of ether oxygens (including phenoxy) is 2. The van der Waals surface area contributed by atoms with Gasteiger partial charge >= 0.3 is 0 Å². The summed E-state index contributed by atoms with van der Waals surface area (Å²) in [6.07, 6.45) is 5.81. The van der Waals surface area contributed by atoms with Crippen LogP contribution in [0, 0.1) is 0 Å². The van der Waals surface area contributed by atoms with Crippen molar-refractivity contribution in [1.82, 2.24) is 10.6 Å². The van der Waals surface area contributed by atoms with E-state index in [0.29, 0.717) is 53.3 Å².